The standard InChI is InChI=1S/C12H18N2O2S/c1-2-10-3-4-11(17-10)12(15)14-8-9-7-13-5-6-16-9/h3-4,9,13H,2,5-8H2,1H3,(H,14,15). The van der Waals surface area contributed by atoms with Crippen LogP contribution in [0.15, 0.2) is 12.1 Å². The summed E-state index contributed by atoms with van der Waals surface area (Å²) in [5, 5.41) is 6.15. The Kier molecular flexibility index (Phi) is 4.53. The van der Waals surface area contributed by atoms with Crippen molar-refractivity contribution in [3.05, 3.63) is 21.9 Å². The van der Waals surface area contributed by atoms with E-state index in [1.54, 1.807) is 11.3 Å². The quantitative estimate of drug-likeness (QED) is 0.844. The number of amides is 1. The van der Waals surface area contributed by atoms with Crippen LogP contribution in [0.4, 0.5) is 0 Å². The number of hydrogen-bond donors (Lipinski definition) is 2. The Labute approximate surface area is 105 Å². The van der Waals surface area contributed by atoms with Crippen molar-refractivity contribution < 1.29 is 9.53 Å². The van der Waals surface area contributed by atoms with Crippen molar-refractivity contribution in [3.8, 4) is 0 Å². The molecular formula is C12H18N2O2S. The van der Waals surface area contributed by atoms with Crippen LogP contribution in [0, 0.1) is 0 Å². The Morgan fingerprint density at radius 1 is 1.65 bits per heavy atom. The molecule has 0 saturated carbocycles. The van der Waals surface area contributed by atoms with Crippen molar-refractivity contribution in [3.63, 3.8) is 0 Å². The van der Waals surface area contributed by atoms with E-state index < -0.39 is 0 Å². The monoisotopic (exact) mass is 254 g/mol. The van der Waals surface area contributed by atoms with Crippen LogP contribution in [0.5, 0.6) is 0 Å². The highest BCUT2D eigenvalue weighted by molar-refractivity contribution is 7.14. The summed E-state index contributed by atoms with van der Waals surface area (Å²) in [5.74, 6) is 0.00359. The van der Waals surface area contributed by atoms with Gasteiger partial charge >= 0.3 is 0 Å². The number of ether oxygens (including phenoxy) is 1. The first kappa shape index (κ1) is 12.5. The molecule has 1 amide bonds. The molecule has 1 aliphatic rings. The number of hydrogen-bond acceptors (Lipinski definition) is 4. The fourth-order valence-corrected chi connectivity index (χ4v) is 2.60. The number of aryl methyl sites for hydroxylation is 1. The second kappa shape index (κ2) is 6.14. The zero-order valence-electron chi connectivity index (χ0n) is 9.99. The Morgan fingerprint density at radius 2 is 2.53 bits per heavy atom. The van der Waals surface area contributed by atoms with Crippen LogP contribution in [0.1, 0.15) is 21.5 Å². The molecule has 0 radical (unpaired) electrons. The van der Waals surface area contributed by atoms with E-state index >= 15 is 0 Å². The van der Waals surface area contributed by atoms with Crippen molar-refractivity contribution in [2.45, 2.75) is 19.4 Å². The predicted octanol–water partition coefficient (Wildman–Crippen LogP) is 1.03. The van der Waals surface area contributed by atoms with Gasteiger partial charge in [0, 0.05) is 24.5 Å². The molecule has 0 aromatic carbocycles. The van der Waals surface area contributed by atoms with Crippen LogP contribution in [-0.2, 0) is 11.2 Å². The van der Waals surface area contributed by atoms with Gasteiger partial charge in [0.1, 0.15) is 0 Å². The summed E-state index contributed by atoms with van der Waals surface area (Å²) in [6.45, 7) is 5.10. The summed E-state index contributed by atoms with van der Waals surface area (Å²) >= 11 is 1.56. The lowest BCUT2D eigenvalue weighted by Crippen LogP contribution is -2.45. The van der Waals surface area contributed by atoms with Crippen molar-refractivity contribution in [1.29, 1.82) is 0 Å². The van der Waals surface area contributed by atoms with E-state index in [-0.39, 0.29) is 12.0 Å². The van der Waals surface area contributed by atoms with Crippen LogP contribution in [0.25, 0.3) is 0 Å². The van der Waals surface area contributed by atoms with Gasteiger partial charge < -0.3 is 15.4 Å². The van der Waals surface area contributed by atoms with Crippen LogP contribution in [-0.4, -0.2) is 38.3 Å². The zero-order valence-corrected chi connectivity index (χ0v) is 10.8. The molecule has 4 nitrogen and oxygen atoms in total. The average Bonchev–Trinajstić information content (AvgIpc) is 2.86. The maximum Gasteiger partial charge on any atom is 0.261 e. The van der Waals surface area contributed by atoms with Gasteiger partial charge in [-0.1, -0.05) is 6.92 Å². The number of rotatable bonds is 4. The third-order valence-corrected chi connectivity index (χ3v) is 3.96. The van der Waals surface area contributed by atoms with E-state index in [4.69, 9.17) is 4.74 Å². The fraction of sp³-hybridized carbons (Fsp3) is 0.583. The highest BCUT2D eigenvalue weighted by Crippen LogP contribution is 2.16. The van der Waals surface area contributed by atoms with E-state index in [2.05, 4.69) is 17.6 Å². The maximum atomic E-state index is 11.8. The van der Waals surface area contributed by atoms with Crippen LogP contribution < -0.4 is 10.6 Å². The van der Waals surface area contributed by atoms with Crippen molar-refractivity contribution >= 4 is 17.2 Å². The van der Waals surface area contributed by atoms with E-state index in [1.807, 2.05) is 12.1 Å². The molecule has 94 valence electrons. The minimum atomic E-state index is 0.00359. The molecule has 5 heteroatoms. The molecule has 1 atom stereocenters. The average molecular weight is 254 g/mol. The summed E-state index contributed by atoms with van der Waals surface area (Å²) in [7, 11) is 0. The molecule has 0 bridgehead atoms. The van der Waals surface area contributed by atoms with Crippen molar-refractivity contribution in [1.82, 2.24) is 10.6 Å². The SMILES string of the molecule is CCc1ccc(C(=O)NCC2CNCCO2)s1. The maximum absolute atomic E-state index is 11.8. The molecule has 1 aromatic rings. The van der Waals surface area contributed by atoms with Gasteiger partial charge in [-0.25, -0.2) is 0 Å². The molecule has 1 unspecified atom stereocenters. The van der Waals surface area contributed by atoms with E-state index in [1.165, 1.54) is 4.88 Å². The molecule has 17 heavy (non-hydrogen) atoms. The largest absolute Gasteiger partial charge is 0.374 e. The number of thiophene rings is 1. The Morgan fingerprint density at radius 3 is 3.18 bits per heavy atom. The number of carbonyl (C=O) groups excluding carboxylic acids is 1. The summed E-state index contributed by atoms with van der Waals surface area (Å²) in [5.41, 5.74) is 0. The molecule has 2 rings (SSSR count). The molecular weight excluding hydrogens is 236 g/mol. The lowest BCUT2D eigenvalue weighted by Gasteiger charge is -2.23. The topological polar surface area (TPSA) is 50.4 Å². The first-order chi connectivity index (χ1) is 8.29. The second-order valence-corrected chi connectivity index (χ2v) is 5.19. The smallest absolute Gasteiger partial charge is 0.261 e. The minimum absolute atomic E-state index is 0.00359. The highest BCUT2D eigenvalue weighted by Gasteiger charge is 2.15. The second-order valence-electron chi connectivity index (χ2n) is 4.03. The van der Waals surface area contributed by atoms with Gasteiger partial charge in [0.15, 0.2) is 0 Å². The Balaban J connectivity index is 1.80. The molecule has 1 saturated heterocycles. The molecule has 0 spiro atoms. The first-order valence-corrected chi connectivity index (χ1v) is 6.80. The molecule has 1 aromatic heterocycles. The van der Waals surface area contributed by atoms with Gasteiger partial charge in [0.05, 0.1) is 17.6 Å². The van der Waals surface area contributed by atoms with Gasteiger partial charge in [0.2, 0.25) is 0 Å². The third kappa shape index (κ3) is 3.52. The Bertz CT molecular complexity index is 372. The highest BCUT2D eigenvalue weighted by atomic mass is 32.1. The van der Waals surface area contributed by atoms with E-state index in [0.717, 1.165) is 31.0 Å². The molecule has 0 aliphatic carbocycles. The first-order valence-electron chi connectivity index (χ1n) is 5.99. The van der Waals surface area contributed by atoms with Crippen molar-refractivity contribution in [2.75, 3.05) is 26.2 Å². The van der Waals surface area contributed by atoms with Gasteiger partial charge in [-0.15, -0.1) is 11.3 Å². The third-order valence-electron chi connectivity index (χ3n) is 2.73. The number of nitrogens with one attached hydrogen (secondary N) is 2. The van der Waals surface area contributed by atoms with E-state index in [9.17, 15) is 4.79 Å². The summed E-state index contributed by atoms with van der Waals surface area (Å²) in [6.07, 6.45) is 1.08. The number of carbonyl (C=O) groups is 1. The summed E-state index contributed by atoms with van der Waals surface area (Å²) in [4.78, 5) is 13.9. The van der Waals surface area contributed by atoms with Crippen LogP contribution in [0.3, 0.4) is 0 Å². The predicted molar refractivity (Wildman–Crippen MR) is 68.6 cm³/mol. The molecule has 1 aliphatic heterocycles. The zero-order chi connectivity index (χ0) is 12.1. The summed E-state index contributed by atoms with van der Waals surface area (Å²) in [6, 6.07) is 3.90. The van der Waals surface area contributed by atoms with Gasteiger partial charge in [-0.2, -0.15) is 0 Å². The van der Waals surface area contributed by atoms with Crippen LogP contribution >= 0.6 is 11.3 Å². The van der Waals surface area contributed by atoms with E-state index in [0.29, 0.717) is 6.54 Å². The van der Waals surface area contributed by atoms with Crippen molar-refractivity contribution in [2.24, 2.45) is 0 Å². The molecule has 2 N–H and O–H groups in total. The lowest BCUT2D eigenvalue weighted by molar-refractivity contribution is 0.0287. The van der Waals surface area contributed by atoms with Gasteiger partial charge in [0.25, 0.3) is 5.91 Å². The Hall–Kier alpha value is -0.910. The number of morpholine rings is 1. The fourth-order valence-electron chi connectivity index (χ4n) is 1.73. The van der Waals surface area contributed by atoms with Gasteiger partial charge in [-0.05, 0) is 18.6 Å². The minimum Gasteiger partial charge on any atom is -0.374 e. The lowest BCUT2D eigenvalue weighted by atomic mass is 10.3. The normalized spacial score (nSPS) is 20.2. The molecule has 1 fully saturated rings. The van der Waals surface area contributed by atoms with Crippen LogP contribution in [0.2, 0.25) is 0 Å². The van der Waals surface area contributed by atoms with Gasteiger partial charge in [-0.3, -0.25) is 4.79 Å². The molecule has 2 heterocycles. The summed E-state index contributed by atoms with van der Waals surface area (Å²) < 4.78 is 5.52.